The van der Waals surface area contributed by atoms with Gasteiger partial charge in [-0.05, 0) is 36.8 Å². The number of imidazole rings is 1. The van der Waals surface area contributed by atoms with Crippen LogP contribution in [-0.2, 0) is 7.05 Å². The second-order valence-electron chi connectivity index (χ2n) is 4.89. The smallest absolute Gasteiger partial charge is 0.0955 e. The Kier molecular flexibility index (Phi) is 2.17. The summed E-state index contributed by atoms with van der Waals surface area (Å²) in [5.41, 5.74) is 5.88. The Labute approximate surface area is 115 Å². The van der Waals surface area contributed by atoms with Crippen molar-refractivity contribution in [1.82, 2.24) is 9.55 Å². The topological polar surface area (TPSA) is 29.9 Å². The molecule has 3 nitrogen and oxygen atoms in total. The summed E-state index contributed by atoms with van der Waals surface area (Å²) in [6.07, 6.45) is 1.87. The molecule has 19 heavy (non-hydrogen) atoms. The molecule has 0 unspecified atom stereocenters. The van der Waals surface area contributed by atoms with Gasteiger partial charge in [0.1, 0.15) is 0 Å². The highest BCUT2D eigenvalue weighted by molar-refractivity contribution is 8.00. The molecule has 2 aromatic carbocycles. The molecule has 4 heteroatoms. The minimum atomic E-state index is 1.05. The molecule has 4 rings (SSSR count). The Morgan fingerprint density at radius 1 is 1.16 bits per heavy atom. The van der Waals surface area contributed by atoms with E-state index in [1.54, 1.807) is 0 Å². The van der Waals surface area contributed by atoms with Gasteiger partial charge in [0.15, 0.2) is 0 Å². The summed E-state index contributed by atoms with van der Waals surface area (Å²) in [7, 11) is 2.04. The lowest BCUT2D eigenvalue weighted by molar-refractivity contribution is 0.938. The fraction of sp³-hybridized carbons (Fsp3) is 0.133. The average molecular weight is 267 g/mol. The van der Waals surface area contributed by atoms with Crippen LogP contribution >= 0.6 is 11.8 Å². The molecule has 1 N–H and O–H groups in total. The minimum Gasteiger partial charge on any atom is -0.354 e. The molecule has 1 aliphatic heterocycles. The van der Waals surface area contributed by atoms with E-state index in [-0.39, 0.29) is 0 Å². The summed E-state index contributed by atoms with van der Waals surface area (Å²) in [6, 6.07) is 10.7. The van der Waals surface area contributed by atoms with Gasteiger partial charge in [-0.15, -0.1) is 0 Å². The van der Waals surface area contributed by atoms with Gasteiger partial charge in [-0.25, -0.2) is 4.98 Å². The number of aromatic nitrogens is 2. The molecule has 0 aliphatic carbocycles. The predicted octanol–water partition coefficient (Wildman–Crippen LogP) is 4.09. The van der Waals surface area contributed by atoms with Crippen molar-refractivity contribution in [3.63, 3.8) is 0 Å². The zero-order valence-electron chi connectivity index (χ0n) is 10.8. The molecule has 1 aliphatic rings. The van der Waals surface area contributed by atoms with E-state index in [1.807, 2.05) is 25.1 Å². The average Bonchev–Trinajstić information content (AvgIpc) is 2.78. The number of fused-ring (bicyclic) bond motifs is 4. The molecule has 2 heterocycles. The van der Waals surface area contributed by atoms with E-state index in [4.69, 9.17) is 0 Å². The zero-order valence-corrected chi connectivity index (χ0v) is 11.6. The number of nitrogens with zero attached hydrogens (tertiary/aromatic N) is 2. The minimum absolute atomic E-state index is 1.05. The number of hydrogen-bond donors (Lipinski definition) is 1. The molecule has 0 saturated heterocycles. The SMILES string of the molecule is Cc1ccc2c(c1)Sc1c(ccc3ncn(C)c13)N2. The van der Waals surface area contributed by atoms with Gasteiger partial charge in [0.05, 0.1) is 33.6 Å². The number of anilines is 2. The van der Waals surface area contributed by atoms with E-state index in [0.29, 0.717) is 0 Å². The molecule has 0 radical (unpaired) electrons. The molecule has 0 saturated carbocycles. The summed E-state index contributed by atoms with van der Waals surface area (Å²) in [4.78, 5) is 6.96. The van der Waals surface area contributed by atoms with Gasteiger partial charge in [0.2, 0.25) is 0 Å². The van der Waals surface area contributed by atoms with Crippen LogP contribution in [0.5, 0.6) is 0 Å². The standard InChI is InChI=1S/C15H13N3S/c1-9-3-4-10-13(7-9)19-15-12(17-10)6-5-11-14(15)18(2)8-16-11/h3-8,17H,1-2H3. The molecule has 1 aromatic heterocycles. The lowest BCUT2D eigenvalue weighted by atomic mass is 10.2. The Bertz CT molecular complexity index is 805. The quantitative estimate of drug-likeness (QED) is 0.520. The van der Waals surface area contributed by atoms with Gasteiger partial charge in [0.25, 0.3) is 0 Å². The number of benzene rings is 2. The largest absolute Gasteiger partial charge is 0.354 e. The van der Waals surface area contributed by atoms with E-state index in [1.165, 1.54) is 26.6 Å². The fourth-order valence-electron chi connectivity index (χ4n) is 2.49. The molecule has 0 amide bonds. The van der Waals surface area contributed by atoms with Gasteiger partial charge in [-0.2, -0.15) is 0 Å². The number of rotatable bonds is 0. The van der Waals surface area contributed by atoms with Crippen LogP contribution in [0.1, 0.15) is 5.56 Å². The third-order valence-electron chi connectivity index (χ3n) is 3.45. The molecular weight excluding hydrogens is 254 g/mol. The molecule has 0 atom stereocenters. The number of hydrogen-bond acceptors (Lipinski definition) is 3. The van der Waals surface area contributed by atoms with Crippen molar-refractivity contribution in [3.05, 3.63) is 42.2 Å². The van der Waals surface area contributed by atoms with Crippen LogP contribution in [0.3, 0.4) is 0 Å². The third kappa shape index (κ3) is 1.56. The van der Waals surface area contributed by atoms with Crippen LogP contribution in [0.2, 0.25) is 0 Å². The highest BCUT2D eigenvalue weighted by atomic mass is 32.2. The maximum absolute atomic E-state index is 4.42. The van der Waals surface area contributed by atoms with Gasteiger partial charge in [0, 0.05) is 11.9 Å². The first-order valence-electron chi connectivity index (χ1n) is 6.22. The van der Waals surface area contributed by atoms with E-state index in [9.17, 15) is 0 Å². The van der Waals surface area contributed by atoms with E-state index in [0.717, 1.165) is 11.2 Å². The first-order chi connectivity index (χ1) is 9.22. The highest BCUT2D eigenvalue weighted by Crippen LogP contribution is 2.47. The second kappa shape index (κ2) is 3.78. The molecule has 0 spiro atoms. The number of nitrogens with one attached hydrogen (secondary N) is 1. The van der Waals surface area contributed by atoms with Crippen molar-refractivity contribution >= 4 is 34.2 Å². The van der Waals surface area contributed by atoms with E-state index in [2.05, 4.69) is 52.1 Å². The summed E-state index contributed by atoms with van der Waals surface area (Å²) in [5.74, 6) is 0. The lowest BCUT2D eigenvalue weighted by Gasteiger charge is -2.22. The molecule has 3 aromatic rings. The van der Waals surface area contributed by atoms with Crippen LogP contribution in [0, 0.1) is 6.92 Å². The first kappa shape index (κ1) is 10.9. The van der Waals surface area contributed by atoms with Crippen LogP contribution in [0.25, 0.3) is 11.0 Å². The third-order valence-corrected chi connectivity index (χ3v) is 4.63. The van der Waals surface area contributed by atoms with Gasteiger partial charge in [-0.1, -0.05) is 17.8 Å². The van der Waals surface area contributed by atoms with Crippen LogP contribution in [-0.4, -0.2) is 9.55 Å². The van der Waals surface area contributed by atoms with Crippen molar-refractivity contribution in [2.24, 2.45) is 7.05 Å². The van der Waals surface area contributed by atoms with Crippen molar-refractivity contribution in [2.75, 3.05) is 5.32 Å². The van der Waals surface area contributed by atoms with Crippen molar-refractivity contribution in [3.8, 4) is 0 Å². The fourth-order valence-corrected chi connectivity index (χ4v) is 3.75. The van der Waals surface area contributed by atoms with Crippen LogP contribution in [0.15, 0.2) is 46.5 Å². The van der Waals surface area contributed by atoms with Crippen molar-refractivity contribution in [2.45, 2.75) is 16.7 Å². The van der Waals surface area contributed by atoms with Crippen LogP contribution < -0.4 is 5.32 Å². The zero-order chi connectivity index (χ0) is 13.0. The summed E-state index contributed by atoms with van der Waals surface area (Å²) < 4.78 is 2.09. The summed E-state index contributed by atoms with van der Waals surface area (Å²) in [6.45, 7) is 2.13. The second-order valence-corrected chi connectivity index (χ2v) is 5.94. The lowest BCUT2D eigenvalue weighted by Crippen LogP contribution is -2.01. The van der Waals surface area contributed by atoms with E-state index < -0.39 is 0 Å². The van der Waals surface area contributed by atoms with Crippen molar-refractivity contribution in [1.29, 1.82) is 0 Å². The van der Waals surface area contributed by atoms with Gasteiger partial charge in [-0.3, -0.25) is 0 Å². The van der Waals surface area contributed by atoms with Gasteiger partial charge < -0.3 is 9.88 Å². The first-order valence-corrected chi connectivity index (χ1v) is 7.03. The molecular formula is C15H13N3S. The van der Waals surface area contributed by atoms with Crippen molar-refractivity contribution < 1.29 is 0 Å². The monoisotopic (exact) mass is 267 g/mol. The van der Waals surface area contributed by atoms with E-state index >= 15 is 0 Å². The summed E-state index contributed by atoms with van der Waals surface area (Å²) in [5, 5.41) is 3.51. The Balaban J connectivity index is 1.97. The van der Waals surface area contributed by atoms with Crippen LogP contribution in [0.4, 0.5) is 11.4 Å². The summed E-state index contributed by atoms with van der Waals surface area (Å²) >= 11 is 1.82. The molecule has 0 bridgehead atoms. The molecule has 94 valence electrons. The maximum atomic E-state index is 4.42. The van der Waals surface area contributed by atoms with Gasteiger partial charge >= 0.3 is 0 Å². The maximum Gasteiger partial charge on any atom is 0.0955 e. The molecule has 0 fully saturated rings. The predicted molar refractivity (Wildman–Crippen MR) is 79.3 cm³/mol. The Morgan fingerprint density at radius 2 is 2.00 bits per heavy atom. The normalized spacial score (nSPS) is 12.9. The number of aryl methyl sites for hydroxylation is 2. The Hall–Kier alpha value is -1.94. The Morgan fingerprint density at radius 3 is 2.89 bits per heavy atom. The highest BCUT2D eigenvalue weighted by Gasteiger charge is 2.19.